The molecule has 1 aromatic rings. The van der Waals surface area contributed by atoms with E-state index in [1.54, 1.807) is 24.9 Å². The van der Waals surface area contributed by atoms with E-state index < -0.39 is 0 Å². The zero-order valence-electron chi connectivity index (χ0n) is 10.6. The van der Waals surface area contributed by atoms with Gasteiger partial charge in [-0.1, -0.05) is 6.58 Å². The Labute approximate surface area is 102 Å². The first-order chi connectivity index (χ1) is 8.04. The number of nitrogens with zero attached hydrogens (tertiary/aromatic N) is 4. The molecule has 1 rings (SSSR count). The summed E-state index contributed by atoms with van der Waals surface area (Å²) in [5.74, 6) is 0.889. The van der Waals surface area contributed by atoms with Crippen LogP contribution in [0.5, 0.6) is 0 Å². The zero-order valence-corrected chi connectivity index (χ0v) is 10.6. The lowest BCUT2D eigenvalue weighted by molar-refractivity contribution is -0.127. The average molecular weight is 234 g/mol. The Hall–Kier alpha value is -1.91. The Bertz CT molecular complexity index is 405. The molecule has 0 radical (unpaired) electrons. The van der Waals surface area contributed by atoms with Gasteiger partial charge in [-0.05, 0) is 6.08 Å². The first-order valence-corrected chi connectivity index (χ1v) is 5.42. The molecule has 1 amide bonds. The van der Waals surface area contributed by atoms with E-state index in [-0.39, 0.29) is 5.91 Å². The maximum absolute atomic E-state index is 11.1. The highest BCUT2D eigenvalue weighted by Gasteiger charge is 2.06. The van der Waals surface area contributed by atoms with E-state index in [1.807, 2.05) is 18.0 Å². The van der Waals surface area contributed by atoms with Crippen molar-refractivity contribution < 1.29 is 4.79 Å². The monoisotopic (exact) mass is 234 g/mol. The molecule has 0 N–H and O–H groups in total. The summed E-state index contributed by atoms with van der Waals surface area (Å²) in [6.07, 6.45) is 3.19. The minimum absolute atomic E-state index is 0.0628. The predicted octanol–water partition coefficient (Wildman–Crippen LogP) is 1.03. The van der Waals surface area contributed by atoms with Crippen LogP contribution in [0.4, 0.5) is 5.82 Å². The molecule has 1 aromatic heterocycles. The van der Waals surface area contributed by atoms with Crippen LogP contribution in [-0.4, -0.2) is 48.0 Å². The third-order valence-electron chi connectivity index (χ3n) is 2.58. The molecule has 0 aliphatic heterocycles. The highest BCUT2D eigenvalue weighted by Crippen LogP contribution is 2.09. The van der Waals surface area contributed by atoms with Gasteiger partial charge in [0.1, 0.15) is 12.1 Å². The van der Waals surface area contributed by atoms with Gasteiger partial charge in [-0.25, -0.2) is 9.97 Å². The molecular weight excluding hydrogens is 216 g/mol. The van der Waals surface area contributed by atoms with Crippen molar-refractivity contribution in [2.24, 2.45) is 0 Å². The minimum atomic E-state index is 0.0628. The third-order valence-corrected chi connectivity index (χ3v) is 2.58. The zero-order chi connectivity index (χ0) is 12.8. The van der Waals surface area contributed by atoms with Crippen molar-refractivity contribution in [1.29, 1.82) is 0 Å². The first-order valence-electron chi connectivity index (χ1n) is 5.42. The van der Waals surface area contributed by atoms with Gasteiger partial charge < -0.3 is 9.80 Å². The predicted molar refractivity (Wildman–Crippen MR) is 68.7 cm³/mol. The maximum atomic E-state index is 11.1. The van der Waals surface area contributed by atoms with E-state index in [1.165, 1.54) is 6.33 Å². The molecule has 1 heterocycles. The van der Waals surface area contributed by atoms with Crippen LogP contribution < -0.4 is 4.90 Å². The van der Waals surface area contributed by atoms with Crippen molar-refractivity contribution in [3.8, 4) is 0 Å². The Morgan fingerprint density at radius 1 is 1.41 bits per heavy atom. The van der Waals surface area contributed by atoms with Crippen LogP contribution in [0.1, 0.15) is 12.6 Å². The molecule has 0 aliphatic carbocycles. The highest BCUT2D eigenvalue weighted by atomic mass is 16.2. The van der Waals surface area contributed by atoms with Gasteiger partial charge in [0.25, 0.3) is 0 Å². The molecule has 17 heavy (non-hydrogen) atoms. The SMILES string of the molecule is C=Cc1cc(N(C)CCN(C)C(C)=O)ncn1. The van der Waals surface area contributed by atoms with Crippen LogP contribution in [0.3, 0.4) is 0 Å². The van der Waals surface area contributed by atoms with Gasteiger partial charge in [0.2, 0.25) is 5.91 Å². The lowest BCUT2D eigenvalue weighted by atomic mass is 10.3. The summed E-state index contributed by atoms with van der Waals surface area (Å²) in [4.78, 5) is 22.9. The topological polar surface area (TPSA) is 49.3 Å². The third kappa shape index (κ3) is 3.86. The van der Waals surface area contributed by atoms with E-state index in [2.05, 4.69) is 16.5 Å². The number of aromatic nitrogens is 2. The molecule has 0 saturated heterocycles. The lowest BCUT2D eigenvalue weighted by Crippen LogP contribution is -2.33. The standard InChI is InChI=1S/C12H18N4O/c1-5-11-8-12(14-9-13-11)16(4)7-6-15(3)10(2)17/h5,8-9H,1,6-7H2,2-4H3. The molecule has 0 saturated carbocycles. The van der Waals surface area contributed by atoms with E-state index in [4.69, 9.17) is 0 Å². The molecule has 5 nitrogen and oxygen atoms in total. The Kier molecular flexibility index (Phi) is 4.63. The molecule has 5 heteroatoms. The summed E-state index contributed by atoms with van der Waals surface area (Å²) in [5.41, 5.74) is 0.793. The second kappa shape index (κ2) is 5.98. The molecule has 0 spiro atoms. The van der Waals surface area contributed by atoms with Crippen LogP contribution in [0.15, 0.2) is 19.0 Å². The van der Waals surface area contributed by atoms with E-state index >= 15 is 0 Å². The second-order valence-corrected chi connectivity index (χ2v) is 3.87. The Balaban J connectivity index is 2.60. The number of rotatable bonds is 5. The number of hydrogen-bond donors (Lipinski definition) is 0. The molecule has 0 fully saturated rings. The van der Waals surface area contributed by atoms with Crippen molar-refractivity contribution in [2.75, 3.05) is 32.1 Å². The fraction of sp³-hybridized carbons (Fsp3) is 0.417. The molecule has 92 valence electrons. The molecular formula is C12H18N4O. The van der Waals surface area contributed by atoms with Crippen LogP contribution in [0, 0.1) is 0 Å². The highest BCUT2D eigenvalue weighted by molar-refractivity contribution is 5.72. The minimum Gasteiger partial charge on any atom is -0.358 e. The van der Waals surface area contributed by atoms with Gasteiger partial charge in [-0.2, -0.15) is 0 Å². The Morgan fingerprint density at radius 2 is 2.12 bits per heavy atom. The van der Waals surface area contributed by atoms with Crippen LogP contribution in [-0.2, 0) is 4.79 Å². The normalized spacial score (nSPS) is 9.82. The molecule has 0 atom stereocenters. The molecule has 0 unspecified atom stereocenters. The Morgan fingerprint density at radius 3 is 2.71 bits per heavy atom. The van der Waals surface area contributed by atoms with Gasteiger partial charge in [-0.3, -0.25) is 4.79 Å². The number of likely N-dealkylation sites (N-methyl/N-ethyl adjacent to an activating group) is 2. The number of amides is 1. The van der Waals surface area contributed by atoms with Gasteiger partial charge >= 0.3 is 0 Å². The van der Waals surface area contributed by atoms with Gasteiger partial charge in [-0.15, -0.1) is 0 Å². The summed E-state index contributed by atoms with van der Waals surface area (Å²) >= 11 is 0. The summed E-state index contributed by atoms with van der Waals surface area (Å²) < 4.78 is 0. The van der Waals surface area contributed by atoms with Crippen molar-refractivity contribution in [3.05, 3.63) is 24.7 Å². The summed E-state index contributed by atoms with van der Waals surface area (Å²) in [6.45, 7) is 6.61. The van der Waals surface area contributed by atoms with Gasteiger partial charge in [0, 0.05) is 40.2 Å². The van der Waals surface area contributed by atoms with Crippen molar-refractivity contribution in [3.63, 3.8) is 0 Å². The summed E-state index contributed by atoms with van der Waals surface area (Å²) in [6, 6.07) is 1.86. The fourth-order valence-electron chi connectivity index (χ4n) is 1.25. The van der Waals surface area contributed by atoms with Crippen LogP contribution in [0.2, 0.25) is 0 Å². The second-order valence-electron chi connectivity index (χ2n) is 3.87. The maximum Gasteiger partial charge on any atom is 0.219 e. The molecule has 0 aromatic carbocycles. The fourth-order valence-corrected chi connectivity index (χ4v) is 1.25. The largest absolute Gasteiger partial charge is 0.358 e. The van der Waals surface area contributed by atoms with E-state index in [0.717, 1.165) is 18.1 Å². The van der Waals surface area contributed by atoms with Gasteiger partial charge in [0.15, 0.2) is 0 Å². The van der Waals surface area contributed by atoms with Crippen molar-refractivity contribution >= 4 is 17.8 Å². The average Bonchev–Trinajstić information content (AvgIpc) is 2.35. The number of carbonyl (C=O) groups excluding carboxylic acids is 1. The number of carbonyl (C=O) groups is 1. The number of anilines is 1. The summed E-state index contributed by atoms with van der Waals surface area (Å²) in [5, 5.41) is 0. The van der Waals surface area contributed by atoms with Gasteiger partial charge in [0.05, 0.1) is 5.69 Å². The lowest BCUT2D eigenvalue weighted by Gasteiger charge is -2.22. The van der Waals surface area contributed by atoms with E-state index in [0.29, 0.717) is 6.54 Å². The number of hydrogen-bond acceptors (Lipinski definition) is 4. The smallest absolute Gasteiger partial charge is 0.219 e. The first kappa shape index (κ1) is 13.2. The van der Waals surface area contributed by atoms with Crippen molar-refractivity contribution in [2.45, 2.75) is 6.92 Å². The molecule has 0 bridgehead atoms. The summed E-state index contributed by atoms with van der Waals surface area (Å²) in [7, 11) is 3.72. The van der Waals surface area contributed by atoms with E-state index in [9.17, 15) is 4.79 Å². The van der Waals surface area contributed by atoms with Crippen molar-refractivity contribution in [1.82, 2.24) is 14.9 Å². The quantitative estimate of drug-likeness (QED) is 0.763. The van der Waals surface area contributed by atoms with Crippen LogP contribution in [0.25, 0.3) is 6.08 Å². The van der Waals surface area contributed by atoms with Crippen LogP contribution >= 0.6 is 0 Å². The molecule has 0 aliphatic rings.